The van der Waals surface area contributed by atoms with Gasteiger partial charge in [0.2, 0.25) is 5.95 Å². The van der Waals surface area contributed by atoms with E-state index in [4.69, 9.17) is 19.6 Å². The largest absolute Gasteiger partial charge is 0.493 e. The van der Waals surface area contributed by atoms with E-state index in [9.17, 15) is 9.59 Å². The first-order valence-electron chi connectivity index (χ1n) is 19.0. The predicted molar refractivity (Wildman–Crippen MR) is 210 cm³/mol. The molecule has 3 aromatic carbocycles. The molecule has 1 unspecified atom stereocenters. The number of para-hydroxylation sites is 2. The molecule has 1 amide bonds. The molecule has 7 rings (SSSR count). The van der Waals surface area contributed by atoms with Crippen LogP contribution in [0.3, 0.4) is 0 Å². The summed E-state index contributed by atoms with van der Waals surface area (Å²) in [5.41, 5.74) is 4.19. The average Bonchev–Trinajstić information content (AvgIpc) is 3.97. The zero-order valence-corrected chi connectivity index (χ0v) is 31.8. The molecule has 0 aliphatic carbocycles. The standard InChI is InChI=1S/C40H49N9O5.Li/c1-2-53-26-24-48-35-12-7-6-11-34(35)43-39(48)42-31-16-20-46(21-17-31)22-18-40(30-9-4-3-5-10-30)19-23-47(28-40)38(52)33-27-32(49-29-41-44-45-49)14-15-36(33)54-25-8-13-37(50)51;/h3-7,9-12,14-15,27,29,31H,2,8,13,16-26,28H2,1H3,(H,42,43)(H,50,51);. The number of nitrogens with zero attached hydrogens (tertiary/aromatic N) is 8. The Morgan fingerprint density at radius 3 is 2.55 bits per heavy atom. The molecule has 1 radical (unpaired) electrons. The summed E-state index contributed by atoms with van der Waals surface area (Å²) >= 11 is 0. The Bertz CT molecular complexity index is 2000. The number of amides is 1. The topological polar surface area (TPSA) is 153 Å². The van der Waals surface area contributed by atoms with Crippen molar-refractivity contribution in [2.24, 2.45) is 0 Å². The van der Waals surface area contributed by atoms with Gasteiger partial charge in [0.25, 0.3) is 5.91 Å². The van der Waals surface area contributed by atoms with Crippen LogP contribution in [0, 0.1) is 0 Å². The normalized spacial score (nSPS) is 17.7. The van der Waals surface area contributed by atoms with Gasteiger partial charge >= 0.3 is 5.97 Å². The van der Waals surface area contributed by atoms with Crippen molar-refractivity contribution in [2.45, 2.75) is 63.5 Å². The number of piperidine rings is 1. The van der Waals surface area contributed by atoms with E-state index in [2.05, 4.69) is 72.8 Å². The number of hydrogen-bond donors (Lipinski definition) is 2. The van der Waals surface area contributed by atoms with Gasteiger partial charge in [-0.2, -0.15) is 0 Å². The van der Waals surface area contributed by atoms with E-state index >= 15 is 0 Å². The molecule has 0 bridgehead atoms. The number of aliphatic carboxylic acids is 1. The Kier molecular flexibility index (Phi) is 13.6. The first kappa shape index (κ1) is 39.9. The molecule has 2 N–H and O–H groups in total. The number of rotatable bonds is 17. The monoisotopic (exact) mass is 742 g/mol. The first-order chi connectivity index (χ1) is 26.4. The fourth-order valence-electron chi connectivity index (χ4n) is 7.80. The minimum atomic E-state index is -0.884. The van der Waals surface area contributed by atoms with Crippen LogP contribution in [0.1, 0.15) is 61.4 Å². The number of carbonyl (C=O) groups excluding carboxylic acids is 1. The number of carboxylic acid groups (broad SMARTS) is 1. The van der Waals surface area contributed by atoms with Crippen LogP contribution in [0.4, 0.5) is 5.95 Å². The number of likely N-dealkylation sites (tertiary alicyclic amines) is 2. The molecule has 15 heteroatoms. The quantitative estimate of drug-likeness (QED) is 0.101. The van der Waals surface area contributed by atoms with Crippen molar-refractivity contribution in [1.82, 2.24) is 39.6 Å². The number of carboxylic acids is 1. The molecule has 14 nitrogen and oxygen atoms in total. The number of nitrogens with one attached hydrogen (secondary N) is 1. The maximum Gasteiger partial charge on any atom is 0.303 e. The molecule has 5 aromatic rings. The fourth-order valence-corrected chi connectivity index (χ4v) is 7.80. The number of fused-ring (bicyclic) bond motifs is 1. The summed E-state index contributed by atoms with van der Waals surface area (Å²) in [6, 6.07) is 24.5. The van der Waals surface area contributed by atoms with Gasteiger partial charge in [-0.25, -0.2) is 9.67 Å². The smallest absolute Gasteiger partial charge is 0.303 e. The second-order valence-electron chi connectivity index (χ2n) is 14.2. The summed E-state index contributed by atoms with van der Waals surface area (Å²) in [5, 5.41) is 24.3. The van der Waals surface area contributed by atoms with Gasteiger partial charge in [-0.05, 0) is 91.9 Å². The molecule has 285 valence electrons. The molecule has 4 heterocycles. The van der Waals surface area contributed by atoms with Crippen LogP contribution in [-0.2, 0) is 21.5 Å². The summed E-state index contributed by atoms with van der Waals surface area (Å²) in [6.07, 6.45) is 5.61. The Morgan fingerprint density at radius 2 is 1.78 bits per heavy atom. The third-order valence-electron chi connectivity index (χ3n) is 10.8. The average molecular weight is 743 g/mol. The van der Waals surface area contributed by atoms with Gasteiger partial charge < -0.3 is 34.3 Å². The maximum atomic E-state index is 14.4. The predicted octanol–water partition coefficient (Wildman–Crippen LogP) is 4.66. The van der Waals surface area contributed by atoms with Crippen molar-refractivity contribution in [3.05, 3.63) is 90.3 Å². The van der Waals surface area contributed by atoms with Crippen LogP contribution in [-0.4, -0.2) is 134 Å². The van der Waals surface area contributed by atoms with Crippen LogP contribution in [0.5, 0.6) is 5.75 Å². The van der Waals surface area contributed by atoms with Crippen LogP contribution in [0.15, 0.2) is 79.1 Å². The maximum absolute atomic E-state index is 14.4. The van der Waals surface area contributed by atoms with E-state index in [-0.39, 0.29) is 43.2 Å². The van der Waals surface area contributed by atoms with E-state index in [0.717, 1.165) is 68.8 Å². The fraction of sp³-hybridized carbons (Fsp3) is 0.450. The summed E-state index contributed by atoms with van der Waals surface area (Å²) in [7, 11) is 0. The van der Waals surface area contributed by atoms with Gasteiger partial charge in [-0.1, -0.05) is 42.5 Å². The third-order valence-corrected chi connectivity index (χ3v) is 10.8. The second kappa shape index (κ2) is 18.7. The van der Waals surface area contributed by atoms with Crippen molar-refractivity contribution in [1.29, 1.82) is 0 Å². The van der Waals surface area contributed by atoms with Crippen molar-refractivity contribution in [2.75, 3.05) is 57.9 Å². The number of carbonyl (C=O) groups is 2. The zero-order valence-electron chi connectivity index (χ0n) is 31.8. The molecule has 2 aromatic heterocycles. The number of anilines is 1. The summed E-state index contributed by atoms with van der Waals surface area (Å²) < 4.78 is 15.4. The van der Waals surface area contributed by atoms with Gasteiger partial charge in [0.15, 0.2) is 0 Å². The molecule has 2 aliphatic heterocycles. The number of imidazole rings is 1. The van der Waals surface area contributed by atoms with E-state index in [1.807, 2.05) is 24.0 Å². The van der Waals surface area contributed by atoms with Crippen molar-refractivity contribution in [3.8, 4) is 11.4 Å². The molecule has 0 spiro atoms. The van der Waals surface area contributed by atoms with Crippen LogP contribution < -0.4 is 10.1 Å². The van der Waals surface area contributed by atoms with Crippen molar-refractivity contribution >= 4 is 47.7 Å². The molecular weight excluding hydrogens is 693 g/mol. The number of ether oxygens (including phenoxy) is 2. The van der Waals surface area contributed by atoms with E-state index in [1.165, 1.54) is 16.6 Å². The number of benzene rings is 3. The SMILES string of the molecule is CCOCCn1c(NC2CCN(CCC3(c4ccccc4)CCN(C(=O)c4cc(-n5cnnn5)ccc4OCCCC(=O)O)C3)CC2)nc2ccccc21.[Li]. The third kappa shape index (κ3) is 9.56. The molecule has 2 aliphatic rings. The minimum Gasteiger partial charge on any atom is -0.493 e. The van der Waals surface area contributed by atoms with Crippen LogP contribution >= 0.6 is 0 Å². The first-order valence-corrected chi connectivity index (χ1v) is 19.0. The van der Waals surface area contributed by atoms with Gasteiger partial charge in [-0.3, -0.25) is 9.59 Å². The van der Waals surface area contributed by atoms with Crippen LogP contribution in [0.2, 0.25) is 0 Å². The van der Waals surface area contributed by atoms with E-state index < -0.39 is 5.97 Å². The minimum absolute atomic E-state index is 0. The van der Waals surface area contributed by atoms with Gasteiger partial charge in [0, 0.05) is 76.1 Å². The Labute approximate surface area is 333 Å². The zero-order chi connectivity index (χ0) is 37.3. The van der Waals surface area contributed by atoms with E-state index in [1.54, 1.807) is 18.2 Å². The van der Waals surface area contributed by atoms with Gasteiger partial charge in [0.1, 0.15) is 12.1 Å². The Balaban J connectivity index is 0.00000514. The summed E-state index contributed by atoms with van der Waals surface area (Å²) in [4.78, 5) is 34.9. The molecule has 2 fully saturated rings. The van der Waals surface area contributed by atoms with E-state index in [0.29, 0.717) is 55.8 Å². The van der Waals surface area contributed by atoms with Crippen LogP contribution in [0.25, 0.3) is 16.7 Å². The molecule has 1 atom stereocenters. The number of hydrogen-bond acceptors (Lipinski definition) is 10. The number of aromatic nitrogens is 6. The Morgan fingerprint density at radius 1 is 0.982 bits per heavy atom. The molecule has 0 saturated carbocycles. The summed E-state index contributed by atoms with van der Waals surface area (Å²) in [6.45, 7) is 8.39. The van der Waals surface area contributed by atoms with Gasteiger partial charge in [-0.15, -0.1) is 5.10 Å². The Hall–Kier alpha value is -4.74. The van der Waals surface area contributed by atoms with Crippen molar-refractivity contribution < 1.29 is 24.2 Å². The van der Waals surface area contributed by atoms with Crippen molar-refractivity contribution in [3.63, 3.8) is 0 Å². The molecular formula is C40H49LiN9O5. The van der Waals surface area contributed by atoms with Gasteiger partial charge in [0.05, 0.1) is 35.5 Å². The number of tetrazole rings is 1. The second-order valence-corrected chi connectivity index (χ2v) is 14.2. The molecule has 2 saturated heterocycles. The summed E-state index contributed by atoms with van der Waals surface area (Å²) in [5.74, 6) is 0.311. The molecule has 55 heavy (non-hydrogen) atoms.